The first kappa shape index (κ1) is 22.9. The summed E-state index contributed by atoms with van der Waals surface area (Å²) in [6.45, 7) is 7.66. The molecule has 0 spiro atoms. The fraction of sp³-hybridized carbons (Fsp3) is 0.385. The second-order valence-electron chi connectivity index (χ2n) is 8.42. The van der Waals surface area contributed by atoms with E-state index in [9.17, 15) is 0 Å². The molecule has 2 aromatic carbocycles. The number of benzene rings is 2. The van der Waals surface area contributed by atoms with Gasteiger partial charge in [0, 0.05) is 51.1 Å². The Morgan fingerprint density at radius 2 is 2.00 bits per heavy atom. The third-order valence-electron chi connectivity index (χ3n) is 5.80. The summed E-state index contributed by atoms with van der Waals surface area (Å²) in [6.07, 6.45) is 4.90. The summed E-state index contributed by atoms with van der Waals surface area (Å²) in [7, 11) is 1.79. The van der Waals surface area contributed by atoms with Crippen molar-refractivity contribution in [2.45, 2.75) is 46.0 Å². The molecular weight excluding hydrogens is 414 g/mol. The van der Waals surface area contributed by atoms with Crippen molar-refractivity contribution in [3.63, 3.8) is 0 Å². The minimum atomic E-state index is 0.126. The molecule has 1 aromatic heterocycles. The van der Waals surface area contributed by atoms with E-state index in [1.807, 2.05) is 19.3 Å². The highest BCUT2D eigenvalue weighted by molar-refractivity contribution is 5.79. The van der Waals surface area contributed by atoms with Crippen molar-refractivity contribution in [1.29, 1.82) is 0 Å². The molecule has 0 bridgehead atoms. The lowest BCUT2D eigenvalue weighted by Crippen LogP contribution is -2.36. The molecular formula is C26H33N5O2. The standard InChI is InChI=1S/C26H33N5O2/c1-19-7-8-23(25(13-19)33-24-9-12-32-18-24)16-30-26(27-3)29-15-21-5-4-6-22(14-21)17-31-11-10-28-20(31)2/h4-8,10-11,13-14,24H,9,12,15-18H2,1-3H3,(H2,27,29,30). The Labute approximate surface area is 195 Å². The summed E-state index contributed by atoms with van der Waals surface area (Å²) in [5.41, 5.74) is 4.73. The van der Waals surface area contributed by atoms with Crippen molar-refractivity contribution in [3.05, 3.63) is 82.9 Å². The van der Waals surface area contributed by atoms with Gasteiger partial charge >= 0.3 is 0 Å². The Balaban J connectivity index is 1.33. The molecule has 0 radical (unpaired) electrons. The summed E-state index contributed by atoms with van der Waals surface area (Å²) in [5, 5.41) is 6.83. The highest BCUT2D eigenvalue weighted by Crippen LogP contribution is 2.23. The van der Waals surface area contributed by atoms with Gasteiger partial charge in [-0.1, -0.05) is 36.4 Å². The number of ether oxygens (including phenoxy) is 2. The van der Waals surface area contributed by atoms with Gasteiger partial charge in [-0.3, -0.25) is 4.99 Å². The normalized spacial score (nSPS) is 16.1. The number of hydrogen-bond acceptors (Lipinski definition) is 4. The molecule has 1 aliphatic rings. The minimum Gasteiger partial charge on any atom is -0.488 e. The number of guanidine groups is 1. The molecule has 1 fully saturated rings. The van der Waals surface area contributed by atoms with E-state index in [4.69, 9.17) is 9.47 Å². The molecule has 3 aromatic rings. The second-order valence-corrected chi connectivity index (χ2v) is 8.42. The SMILES string of the molecule is CN=C(NCc1cccc(Cn2ccnc2C)c1)NCc1ccc(C)cc1OC1CCOC1. The fourth-order valence-electron chi connectivity index (χ4n) is 3.89. The van der Waals surface area contributed by atoms with Gasteiger partial charge in [0.1, 0.15) is 17.7 Å². The average Bonchev–Trinajstić information content (AvgIpc) is 3.47. The maximum absolute atomic E-state index is 6.22. The second kappa shape index (κ2) is 11.0. The predicted molar refractivity (Wildman–Crippen MR) is 131 cm³/mol. The zero-order valence-electron chi connectivity index (χ0n) is 19.7. The number of aromatic nitrogens is 2. The van der Waals surface area contributed by atoms with Gasteiger partial charge in [0.2, 0.25) is 0 Å². The molecule has 1 atom stereocenters. The molecule has 7 nitrogen and oxygen atoms in total. The van der Waals surface area contributed by atoms with Gasteiger partial charge in [-0.15, -0.1) is 0 Å². The first-order chi connectivity index (χ1) is 16.1. The predicted octanol–water partition coefficient (Wildman–Crippen LogP) is 3.58. The molecule has 0 aliphatic carbocycles. The Morgan fingerprint density at radius 1 is 1.15 bits per heavy atom. The van der Waals surface area contributed by atoms with Gasteiger partial charge in [-0.25, -0.2) is 4.98 Å². The molecule has 4 rings (SSSR count). The Morgan fingerprint density at radius 3 is 2.76 bits per heavy atom. The number of rotatable bonds is 8. The van der Waals surface area contributed by atoms with Gasteiger partial charge in [0.05, 0.1) is 13.2 Å². The first-order valence-corrected chi connectivity index (χ1v) is 11.4. The van der Waals surface area contributed by atoms with E-state index in [2.05, 4.69) is 74.6 Å². The van der Waals surface area contributed by atoms with Crippen molar-refractivity contribution >= 4 is 5.96 Å². The maximum atomic E-state index is 6.22. The number of imidazole rings is 1. The van der Waals surface area contributed by atoms with Gasteiger partial charge in [0.25, 0.3) is 0 Å². The smallest absolute Gasteiger partial charge is 0.191 e. The van der Waals surface area contributed by atoms with E-state index in [1.165, 1.54) is 16.7 Å². The molecule has 33 heavy (non-hydrogen) atoms. The summed E-state index contributed by atoms with van der Waals surface area (Å²) in [4.78, 5) is 8.69. The number of hydrogen-bond donors (Lipinski definition) is 2. The van der Waals surface area contributed by atoms with Crippen LogP contribution >= 0.6 is 0 Å². The van der Waals surface area contributed by atoms with Crippen LogP contribution in [0.2, 0.25) is 0 Å². The van der Waals surface area contributed by atoms with Crippen LogP contribution in [0, 0.1) is 13.8 Å². The highest BCUT2D eigenvalue weighted by Gasteiger charge is 2.18. The minimum absolute atomic E-state index is 0.126. The largest absolute Gasteiger partial charge is 0.488 e. The van der Waals surface area contributed by atoms with E-state index in [0.717, 1.165) is 42.7 Å². The zero-order chi connectivity index (χ0) is 23.0. The van der Waals surface area contributed by atoms with Crippen LogP contribution in [0.3, 0.4) is 0 Å². The first-order valence-electron chi connectivity index (χ1n) is 11.4. The molecule has 1 saturated heterocycles. The number of aliphatic imine (C=N–C) groups is 1. The number of aryl methyl sites for hydroxylation is 2. The van der Waals surface area contributed by atoms with Crippen LogP contribution in [-0.4, -0.2) is 41.9 Å². The van der Waals surface area contributed by atoms with Gasteiger partial charge in [-0.05, 0) is 36.6 Å². The summed E-state index contributed by atoms with van der Waals surface area (Å²) in [5.74, 6) is 2.68. The van der Waals surface area contributed by atoms with Crippen LogP contribution in [-0.2, 0) is 24.4 Å². The summed E-state index contributed by atoms with van der Waals surface area (Å²) < 4.78 is 13.8. The summed E-state index contributed by atoms with van der Waals surface area (Å²) in [6, 6.07) is 14.9. The lowest BCUT2D eigenvalue weighted by Gasteiger charge is -2.18. The monoisotopic (exact) mass is 447 g/mol. The van der Waals surface area contributed by atoms with E-state index in [1.54, 1.807) is 7.05 Å². The van der Waals surface area contributed by atoms with Crippen molar-refractivity contribution in [1.82, 2.24) is 20.2 Å². The quantitative estimate of drug-likeness (QED) is 0.408. The van der Waals surface area contributed by atoms with Gasteiger partial charge < -0.3 is 24.7 Å². The van der Waals surface area contributed by atoms with E-state index in [0.29, 0.717) is 19.7 Å². The molecule has 1 aliphatic heterocycles. The van der Waals surface area contributed by atoms with Crippen LogP contribution in [0.25, 0.3) is 0 Å². The molecule has 2 N–H and O–H groups in total. The van der Waals surface area contributed by atoms with Crippen LogP contribution in [0.5, 0.6) is 5.75 Å². The van der Waals surface area contributed by atoms with Gasteiger partial charge in [0.15, 0.2) is 5.96 Å². The Kier molecular flexibility index (Phi) is 7.62. The molecule has 2 heterocycles. The average molecular weight is 448 g/mol. The molecule has 174 valence electrons. The molecule has 0 amide bonds. The van der Waals surface area contributed by atoms with Crippen LogP contribution in [0.15, 0.2) is 59.9 Å². The fourth-order valence-corrected chi connectivity index (χ4v) is 3.89. The number of nitrogens with one attached hydrogen (secondary N) is 2. The van der Waals surface area contributed by atoms with Crippen LogP contribution in [0.4, 0.5) is 0 Å². The lowest BCUT2D eigenvalue weighted by molar-refractivity contribution is 0.140. The zero-order valence-corrected chi connectivity index (χ0v) is 19.7. The summed E-state index contributed by atoms with van der Waals surface area (Å²) >= 11 is 0. The Hall–Kier alpha value is -3.32. The van der Waals surface area contributed by atoms with Crippen LogP contribution in [0.1, 0.15) is 34.5 Å². The van der Waals surface area contributed by atoms with Crippen molar-refractivity contribution in [2.24, 2.45) is 4.99 Å². The molecule has 7 heteroatoms. The third kappa shape index (κ3) is 6.35. The molecule has 0 saturated carbocycles. The van der Waals surface area contributed by atoms with Crippen molar-refractivity contribution < 1.29 is 9.47 Å². The number of nitrogens with zero attached hydrogens (tertiary/aromatic N) is 3. The van der Waals surface area contributed by atoms with Crippen molar-refractivity contribution in [3.8, 4) is 5.75 Å². The topological polar surface area (TPSA) is 72.7 Å². The van der Waals surface area contributed by atoms with E-state index in [-0.39, 0.29) is 6.10 Å². The highest BCUT2D eigenvalue weighted by atomic mass is 16.5. The van der Waals surface area contributed by atoms with E-state index >= 15 is 0 Å². The third-order valence-corrected chi connectivity index (χ3v) is 5.80. The van der Waals surface area contributed by atoms with Gasteiger partial charge in [-0.2, -0.15) is 0 Å². The Bertz CT molecular complexity index is 1090. The van der Waals surface area contributed by atoms with Crippen molar-refractivity contribution in [2.75, 3.05) is 20.3 Å². The van der Waals surface area contributed by atoms with E-state index < -0.39 is 0 Å². The lowest BCUT2D eigenvalue weighted by atomic mass is 10.1. The molecule has 1 unspecified atom stereocenters. The van der Waals surface area contributed by atoms with Crippen LogP contribution < -0.4 is 15.4 Å². The maximum Gasteiger partial charge on any atom is 0.191 e.